The van der Waals surface area contributed by atoms with Gasteiger partial charge in [-0.3, -0.25) is 0 Å². The third kappa shape index (κ3) is 1.77. The second-order valence-corrected chi connectivity index (χ2v) is 4.49. The number of thiophene rings is 1. The predicted molar refractivity (Wildman–Crippen MR) is 59.5 cm³/mol. The first-order valence-electron chi connectivity index (χ1n) is 4.07. The van der Waals surface area contributed by atoms with E-state index in [9.17, 15) is 0 Å². The molecule has 0 amide bonds. The van der Waals surface area contributed by atoms with Crippen LogP contribution in [-0.2, 0) is 0 Å². The highest BCUT2D eigenvalue weighted by Crippen LogP contribution is 2.32. The molecule has 0 N–H and O–H groups in total. The molecular formula is C11H9ClS. The van der Waals surface area contributed by atoms with Crippen molar-refractivity contribution in [1.82, 2.24) is 0 Å². The van der Waals surface area contributed by atoms with Crippen LogP contribution in [0.15, 0.2) is 35.7 Å². The summed E-state index contributed by atoms with van der Waals surface area (Å²) in [6.45, 7) is 2.08. The second kappa shape index (κ2) is 3.52. The molecule has 2 rings (SSSR count). The zero-order chi connectivity index (χ0) is 9.26. The minimum atomic E-state index is 0.865. The van der Waals surface area contributed by atoms with Crippen molar-refractivity contribution in [2.45, 2.75) is 6.92 Å². The van der Waals surface area contributed by atoms with Crippen molar-refractivity contribution in [1.29, 1.82) is 0 Å². The summed E-state index contributed by atoms with van der Waals surface area (Å²) >= 11 is 7.60. The maximum atomic E-state index is 6.03. The molecule has 0 aliphatic heterocycles. The zero-order valence-corrected chi connectivity index (χ0v) is 8.82. The highest BCUT2D eigenvalue weighted by Gasteiger charge is 2.02. The topological polar surface area (TPSA) is 0 Å². The number of hydrogen-bond donors (Lipinski definition) is 0. The lowest BCUT2D eigenvalue weighted by atomic mass is 10.1. The maximum absolute atomic E-state index is 6.03. The van der Waals surface area contributed by atoms with Crippen molar-refractivity contribution in [3.63, 3.8) is 0 Å². The van der Waals surface area contributed by atoms with E-state index in [0.717, 1.165) is 9.90 Å². The molecule has 66 valence electrons. The van der Waals surface area contributed by atoms with Crippen LogP contribution in [0, 0.1) is 6.92 Å². The van der Waals surface area contributed by atoms with Gasteiger partial charge in [0.15, 0.2) is 0 Å². The van der Waals surface area contributed by atoms with E-state index in [4.69, 9.17) is 11.6 Å². The minimum absolute atomic E-state index is 0.865. The fraction of sp³-hybridized carbons (Fsp3) is 0.0909. The molecule has 13 heavy (non-hydrogen) atoms. The molecule has 2 heteroatoms. The van der Waals surface area contributed by atoms with Gasteiger partial charge < -0.3 is 0 Å². The largest absolute Gasteiger partial charge is 0.131 e. The molecule has 1 heterocycles. The van der Waals surface area contributed by atoms with Crippen LogP contribution in [0.1, 0.15) is 5.56 Å². The smallest absolute Gasteiger partial charge is 0.101 e. The zero-order valence-electron chi connectivity index (χ0n) is 7.25. The van der Waals surface area contributed by atoms with Gasteiger partial charge in [0.25, 0.3) is 0 Å². The summed E-state index contributed by atoms with van der Waals surface area (Å²) in [6.07, 6.45) is 0. The molecule has 0 spiro atoms. The average Bonchev–Trinajstić information content (AvgIpc) is 2.53. The van der Waals surface area contributed by atoms with Crippen LogP contribution >= 0.6 is 22.9 Å². The van der Waals surface area contributed by atoms with E-state index >= 15 is 0 Å². The van der Waals surface area contributed by atoms with Gasteiger partial charge in [-0.1, -0.05) is 41.4 Å². The second-order valence-electron chi connectivity index (χ2n) is 2.97. The fourth-order valence-corrected chi connectivity index (χ4v) is 2.20. The number of benzene rings is 1. The molecule has 0 aliphatic carbocycles. The van der Waals surface area contributed by atoms with Crippen LogP contribution in [0.25, 0.3) is 11.1 Å². The molecule has 0 nitrogen and oxygen atoms in total. The summed E-state index contributed by atoms with van der Waals surface area (Å²) in [6, 6.07) is 10.5. The van der Waals surface area contributed by atoms with E-state index < -0.39 is 0 Å². The number of aryl methyl sites for hydroxylation is 1. The van der Waals surface area contributed by atoms with Crippen molar-refractivity contribution in [2.75, 3.05) is 0 Å². The van der Waals surface area contributed by atoms with Gasteiger partial charge in [-0.25, -0.2) is 0 Å². The summed E-state index contributed by atoms with van der Waals surface area (Å²) in [5.41, 5.74) is 3.60. The fourth-order valence-electron chi connectivity index (χ4n) is 1.23. The van der Waals surface area contributed by atoms with Crippen molar-refractivity contribution in [3.05, 3.63) is 45.6 Å². The van der Waals surface area contributed by atoms with Gasteiger partial charge in [-0.05, 0) is 23.9 Å². The number of rotatable bonds is 1. The van der Waals surface area contributed by atoms with Gasteiger partial charge in [0.2, 0.25) is 0 Å². The Morgan fingerprint density at radius 2 is 1.77 bits per heavy atom. The lowest BCUT2D eigenvalue weighted by Gasteiger charge is -1.99. The Morgan fingerprint density at radius 3 is 2.31 bits per heavy atom. The van der Waals surface area contributed by atoms with Crippen LogP contribution in [0.2, 0.25) is 4.34 Å². The first-order chi connectivity index (χ1) is 6.27. The first kappa shape index (κ1) is 8.79. The van der Waals surface area contributed by atoms with Crippen LogP contribution in [0.3, 0.4) is 0 Å². The molecule has 0 bridgehead atoms. The Bertz CT molecular complexity index is 400. The minimum Gasteiger partial charge on any atom is -0.131 e. The highest BCUT2D eigenvalue weighted by molar-refractivity contribution is 7.15. The predicted octanol–water partition coefficient (Wildman–Crippen LogP) is 4.38. The van der Waals surface area contributed by atoms with E-state index in [1.54, 1.807) is 11.3 Å². The SMILES string of the molecule is Cc1ccc(-c2ccsc2Cl)cc1. The van der Waals surface area contributed by atoms with Gasteiger partial charge in [0.1, 0.15) is 4.34 Å². The van der Waals surface area contributed by atoms with Crippen LogP contribution in [0.4, 0.5) is 0 Å². The third-order valence-electron chi connectivity index (χ3n) is 1.98. The van der Waals surface area contributed by atoms with Gasteiger partial charge in [-0.2, -0.15) is 0 Å². The van der Waals surface area contributed by atoms with Gasteiger partial charge in [0.05, 0.1) is 0 Å². The van der Waals surface area contributed by atoms with Crippen molar-refractivity contribution in [3.8, 4) is 11.1 Å². The third-order valence-corrected chi connectivity index (χ3v) is 3.15. The van der Waals surface area contributed by atoms with Crippen molar-refractivity contribution >= 4 is 22.9 Å². The Labute approximate surface area is 86.8 Å². The first-order valence-corrected chi connectivity index (χ1v) is 5.33. The van der Waals surface area contributed by atoms with Crippen LogP contribution in [0.5, 0.6) is 0 Å². The van der Waals surface area contributed by atoms with E-state index in [1.807, 2.05) is 5.38 Å². The molecule has 0 radical (unpaired) electrons. The van der Waals surface area contributed by atoms with Gasteiger partial charge in [-0.15, -0.1) is 11.3 Å². The van der Waals surface area contributed by atoms with Crippen LogP contribution < -0.4 is 0 Å². The number of hydrogen-bond acceptors (Lipinski definition) is 1. The van der Waals surface area contributed by atoms with Crippen LogP contribution in [-0.4, -0.2) is 0 Å². The Balaban J connectivity index is 2.47. The lowest BCUT2D eigenvalue weighted by Crippen LogP contribution is -1.75. The summed E-state index contributed by atoms with van der Waals surface area (Å²) in [5.74, 6) is 0. The van der Waals surface area contributed by atoms with Gasteiger partial charge >= 0.3 is 0 Å². The molecule has 0 fully saturated rings. The molecule has 0 saturated heterocycles. The highest BCUT2D eigenvalue weighted by atomic mass is 35.5. The normalized spacial score (nSPS) is 10.3. The maximum Gasteiger partial charge on any atom is 0.101 e. The molecule has 0 unspecified atom stereocenters. The summed E-state index contributed by atoms with van der Waals surface area (Å²) in [4.78, 5) is 0. The number of halogens is 1. The van der Waals surface area contributed by atoms with E-state index in [-0.39, 0.29) is 0 Å². The molecule has 0 saturated carbocycles. The molecule has 1 aromatic heterocycles. The molecule has 1 aromatic carbocycles. The molecule has 0 aliphatic rings. The average molecular weight is 209 g/mol. The summed E-state index contributed by atoms with van der Waals surface area (Å²) in [5, 5.41) is 2.01. The van der Waals surface area contributed by atoms with Crippen molar-refractivity contribution in [2.24, 2.45) is 0 Å². The summed E-state index contributed by atoms with van der Waals surface area (Å²) in [7, 11) is 0. The monoisotopic (exact) mass is 208 g/mol. The molecule has 0 atom stereocenters. The Kier molecular flexibility index (Phi) is 2.38. The Morgan fingerprint density at radius 1 is 1.08 bits per heavy atom. The summed E-state index contributed by atoms with van der Waals surface area (Å²) < 4.78 is 0.865. The molecule has 2 aromatic rings. The standard InChI is InChI=1S/C11H9ClS/c1-8-2-4-9(5-3-8)10-6-7-13-11(10)12/h2-7H,1H3. The Hall–Kier alpha value is -0.790. The van der Waals surface area contributed by atoms with Gasteiger partial charge in [0, 0.05) is 5.56 Å². The van der Waals surface area contributed by atoms with E-state index in [1.165, 1.54) is 11.1 Å². The van der Waals surface area contributed by atoms with E-state index in [2.05, 4.69) is 37.3 Å². The van der Waals surface area contributed by atoms with Crippen molar-refractivity contribution < 1.29 is 0 Å². The molecular weight excluding hydrogens is 200 g/mol. The lowest BCUT2D eigenvalue weighted by molar-refractivity contribution is 1.47. The quantitative estimate of drug-likeness (QED) is 0.653. The van der Waals surface area contributed by atoms with E-state index in [0.29, 0.717) is 0 Å².